The van der Waals surface area contributed by atoms with Crippen LogP contribution >= 0.6 is 12.4 Å². The van der Waals surface area contributed by atoms with Crippen molar-refractivity contribution in [3.63, 3.8) is 0 Å². The van der Waals surface area contributed by atoms with Crippen molar-refractivity contribution >= 4 is 12.4 Å². The Kier molecular flexibility index (Phi) is 6.10. The van der Waals surface area contributed by atoms with E-state index >= 15 is 0 Å². The summed E-state index contributed by atoms with van der Waals surface area (Å²) in [5.41, 5.74) is 1.16. The predicted molar refractivity (Wildman–Crippen MR) is 88.1 cm³/mol. The van der Waals surface area contributed by atoms with Gasteiger partial charge < -0.3 is 5.32 Å². The Morgan fingerprint density at radius 3 is 2.61 bits per heavy atom. The van der Waals surface area contributed by atoms with Crippen LogP contribution in [0.2, 0.25) is 0 Å². The van der Waals surface area contributed by atoms with E-state index in [1.54, 1.807) is 6.20 Å². The largest absolute Gasteiger partial charge is 0.317 e. The van der Waals surface area contributed by atoms with Crippen LogP contribution in [0.4, 0.5) is 8.78 Å². The zero-order valence-corrected chi connectivity index (χ0v) is 13.8. The molecule has 2 aromatic rings. The molecule has 7 heteroatoms. The van der Waals surface area contributed by atoms with Crippen LogP contribution in [0.1, 0.15) is 18.5 Å². The number of piperidine rings is 1. The fourth-order valence-corrected chi connectivity index (χ4v) is 2.86. The lowest BCUT2D eigenvalue weighted by atomic mass is 10.1. The molecule has 1 N–H and O–H groups in total. The fourth-order valence-electron chi connectivity index (χ4n) is 2.86. The average molecular weight is 343 g/mol. The van der Waals surface area contributed by atoms with E-state index in [-0.39, 0.29) is 18.1 Å². The molecule has 126 valence electrons. The van der Waals surface area contributed by atoms with Gasteiger partial charge in [-0.05, 0) is 38.1 Å². The maximum absolute atomic E-state index is 13.8. The summed E-state index contributed by atoms with van der Waals surface area (Å²) in [5.74, 6) is -1.19. The van der Waals surface area contributed by atoms with Gasteiger partial charge in [0.05, 0.1) is 5.69 Å². The maximum atomic E-state index is 13.8. The van der Waals surface area contributed by atoms with E-state index in [9.17, 15) is 8.78 Å². The molecule has 1 aliphatic heterocycles. The lowest BCUT2D eigenvalue weighted by molar-refractivity contribution is 0.192. The van der Waals surface area contributed by atoms with Gasteiger partial charge in [-0.15, -0.1) is 12.4 Å². The number of hydrogen-bond acceptors (Lipinski definition) is 3. The summed E-state index contributed by atoms with van der Waals surface area (Å²) >= 11 is 0. The Labute approximate surface area is 140 Å². The van der Waals surface area contributed by atoms with E-state index in [1.807, 2.05) is 13.1 Å². The molecule has 2 heterocycles. The van der Waals surface area contributed by atoms with Gasteiger partial charge in [-0.2, -0.15) is 5.10 Å². The molecule has 1 aromatic carbocycles. The highest BCUT2D eigenvalue weighted by molar-refractivity contribution is 5.85. The van der Waals surface area contributed by atoms with Gasteiger partial charge >= 0.3 is 0 Å². The highest BCUT2D eigenvalue weighted by Gasteiger charge is 2.18. The molecule has 0 spiro atoms. The first-order valence-electron chi connectivity index (χ1n) is 7.55. The number of nitrogens with zero attached hydrogens (tertiary/aromatic N) is 3. The van der Waals surface area contributed by atoms with Crippen molar-refractivity contribution in [1.29, 1.82) is 0 Å². The summed E-state index contributed by atoms with van der Waals surface area (Å²) < 4.78 is 28.2. The minimum absolute atomic E-state index is 0. The minimum atomic E-state index is -0.607. The summed E-state index contributed by atoms with van der Waals surface area (Å²) in [4.78, 5) is 2.35. The van der Waals surface area contributed by atoms with Gasteiger partial charge in [0.2, 0.25) is 0 Å². The van der Waals surface area contributed by atoms with Gasteiger partial charge in [0.25, 0.3) is 0 Å². The highest BCUT2D eigenvalue weighted by Crippen LogP contribution is 2.16. The standard InChI is InChI=1S/C16H20F2N4.ClH/c1-19-13-4-7-21(8-5-13)11-14-6-9-22(20-14)16-3-2-12(17)10-15(16)18;/h2-3,6,9-10,13,19H,4-5,7-8,11H2,1H3;1H. The van der Waals surface area contributed by atoms with Crippen molar-refractivity contribution in [3.05, 3.63) is 47.8 Å². The van der Waals surface area contributed by atoms with E-state index < -0.39 is 11.6 Å². The quantitative estimate of drug-likeness (QED) is 0.927. The third-order valence-electron chi connectivity index (χ3n) is 4.18. The molecule has 4 nitrogen and oxygen atoms in total. The molecular weight excluding hydrogens is 322 g/mol. The van der Waals surface area contributed by atoms with Crippen molar-refractivity contribution in [2.75, 3.05) is 20.1 Å². The molecule has 0 unspecified atom stereocenters. The lowest BCUT2D eigenvalue weighted by Crippen LogP contribution is -2.40. The van der Waals surface area contributed by atoms with Crippen LogP contribution < -0.4 is 5.32 Å². The number of halogens is 3. The topological polar surface area (TPSA) is 33.1 Å². The third kappa shape index (κ3) is 4.28. The number of rotatable bonds is 4. The second-order valence-electron chi connectivity index (χ2n) is 5.69. The van der Waals surface area contributed by atoms with Crippen LogP contribution in [0.25, 0.3) is 5.69 Å². The molecule has 0 amide bonds. The minimum Gasteiger partial charge on any atom is -0.317 e. The Morgan fingerprint density at radius 2 is 1.96 bits per heavy atom. The van der Waals surface area contributed by atoms with Crippen molar-refractivity contribution < 1.29 is 8.78 Å². The molecule has 1 aromatic heterocycles. The average Bonchev–Trinajstić information content (AvgIpc) is 2.96. The molecule has 1 fully saturated rings. The van der Waals surface area contributed by atoms with E-state index in [0.717, 1.165) is 44.2 Å². The van der Waals surface area contributed by atoms with Crippen molar-refractivity contribution in [3.8, 4) is 5.69 Å². The van der Waals surface area contributed by atoms with Crippen molar-refractivity contribution in [2.45, 2.75) is 25.4 Å². The van der Waals surface area contributed by atoms with Crippen molar-refractivity contribution in [2.24, 2.45) is 0 Å². The maximum Gasteiger partial charge on any atom is 0.151 e. The smallest absolute Gasteiger partial charge is 0.151 e. The Bertz CT molecular complexity index is 639. The summed E-state index contributed by atoms with van der Waals surface area (Å²) in [5, 5.41) is 7.71. The van der Waals surface area contributed by atoms with E-state index in [0.29, 0.717) is 6.04 Å². The Balaban J connectivity index is 0.00000192. The van der Waals surface area contributed by atoms with Gasteiger partial charge in [-0.1, -0.05) is 0 Å². The van der Waals surface area contributed by atoms with Crippen LogP contribution in [0.3, 0.4) is 0 Å². The molecule has 23 heavy (non-hydrogen) atoms. The van der Waals surface area contributed by atoms with Crippen LogP contribution in [0.15, 0.2) is 30.5 Å². The van der Waals surface area contributed by atoms with E-state index in [2.05, 4.69) is 15.3 Å². The zero-order chi connectivity index (χ0) is 15.5. The zero-order valence-electron chi connectivity index (χ0n) is 13.0. The summed E-state index contributed by atoms with van der Waals surface area (Å²) in [6.45, 7) is 2.82. The van der Waals surface area contributed by atoms with E-state index in [4.69, 9.17) is 0 Å². The van der Waals surface area contributed by atoms with Crippen molar-refractivity contribution in [1.82, 2.24) is 20.0 Å². The second-order valence-corrected chi connectivity index (χ2v) is 5.69. The van der Waals surface area contributed by atoms with Gasteiger partial charge in [0.15, 0.2) is 5.82 Å². The van der Waals surface area contributed by atoms with Gasteiger partial charge in [-0.25, -0.2) is 13.5 Å². The third-order valence-corrected chi connectivity index (χ3v) is 4.18. The lowest BCUT2D eigenvalue weighted by Gasteiger charge is -2.31. The predicted octanol–water partition coefficient (Wildman–Crippen LogP) is 2.76. The van der Waals surface area contributed by atoms with Gasteiger partial charge in [0.1, 0.15) is 11.5 Å². The van der Waals surface area contributed by atoms with Crippen LogP contribution in [-0.4, -0.2) is 40.9 Å². The number of nitrogens with one attached hydrogen (secondary N) is 1. The van der Waals surface area contributed by atoms with Gasteiger partial charge in [-0.3, -0.25) is 4.90 Å². The monoisotopic (exact) mass is 342 g/mol. The number of hydrogen-bond donors (Lipinski definition) is 1. The van der Waals surface area contributed by atoms with Crippen LogP contribution in [0.5, 0.6) is 0 Å². The molecule has 0 atom stereocenters. The molecule has 0 saturated carbocycles. The molecule has 0 aliphatic carbocycles. The molecule has 1 saturated heterocycles. The number of likely N-dealkylation sites (tertiary alicyclic amines) is 1. The first-order valence-corrected chi connectivity index (χ1v) is 7.55. The Hall–Kier alpha value is -1.50. The molecule has 0 radical (unpaired) electrons. The number of aromatic nitrogens is 2. The van der Waals surface area contributed by atoms with Gasteiger partial charge in [0, 0.05) is 37.9 Å². The first-order chi connectivity index (χ1) is 10.7. The normalized spacial score (nSPS) is 16.3. The Morgan fingerprint density at radius 1 is 1.22 bits per heavy atom. The fraction of sp³-hybridized carbons (Fsp3) is 0.438. The molecule has 3 rings (SSSR count). The summed E-state index contributed by atoms with van der Waals surface area (Å²) in [6, 6.07) is 6.00. The molecular formula is C16H21ClF2N4. The number of benzene rings is 1. The second kappa shape index (κ2) is 7.86. The van der Waals surface area contributed by atoms with Crippen LogP contribution in [0, 0.1) is 11.6 Å². The highest BCUT2D eigenvalue weighted by atomic mass is 35.5. The summed E-state index contributed by atoms with van der Waals surface area (Å²) in [6.07, 6.45) is 3.97. The first kappa shape index (κ1) is 17.8. The molecule has 1 aliphatic rings. The SMILES string of the molecule is CNC1CCN(Cc2ccn(-c3ccc(F)cc3F)n2)CC1.Cl. The van der Waals surface area contributed by atoms with Crippen LogP contribution in [-0.2, 0) is 6.54 Å². The summed E-state index contributed by atoms with van der Waals surface area (Å²) in [7, 11) is 2.00. The molecule has 0 bridgehead atoms. The van der Waals surface area contributed by atoms with E-state index in [1.165, 1.54) is 16.8 Å².